The van der Waals surface area contributed by atoms with Gasteiger partial charge in [-0.2, -0.15) is 0 Å². The molecule has 0 bridgehead atoms. The number of aliphatic carboxylic acids is 1. The Morgan fingerprint density at radius 3 is 2.92 bits per heavy atom. The molecule has 1 fully saturated rings. The lowest BCUT2D eigenvalue weighted by molar-refractivity contribution is -0.158. The van der Waals surface area contributed by atoms with E-state index in [1.54, 1.807) is 23.5 Å². The Morgan fingerprint density at radius 1 is 1.40 bits per heavy atom. The summed E-state index contributed by atoms with van der Waals surface area (Å²) in [5, 5.41) is 12.0. The fourth-order valence-corrected chi connectivity index (χ4v) is 3.95. The number of aryl methyl sites for hydroxylation is 1. The maximum absolute atomic E-state index is 11.3. The first-order valence-electron chi connectivity index (χ1n) is 8.20. The smallest absolute Gasteiger partial charge is 0.422 e. The molecule has 1 aromatic heterocycles. The van der Waals surface area contributed by atoms with Crippen molar-refractivity contribution in [2.75, 3.05) is 19.6 Å². The number of carboxylic acids is 1. The largest absolute Gasteiger partial charge is 0.473 e. The predicted molar refractivity (Wildman–Crippen MR) is 94.1 cm³/mol. The van der Waals surface area contributed by atoms with Crippen molar-refractivity contribution in [2.45, 2.75) is 25.7 Å². The van der Waals surface area contributed by atoms with Gasteiger partial charge in [0.2, 0.25) is 0 Å². The van der Waals surface area contributed by atoms with Crippen LogP contribution in [0.3, 0.4) is 0 Å². The summed E-state index contributed by atoms with van der Waals surface area (Å²) in [6.45, 7) is 4.84. The van der Waals surface area contributed by atoms with Crippen molar-refractivity contribution < 1.29 is 19.4 Å². The summed E-state index contributed by atoms with van der Waals surface area (Å²) in [6.07, 6.45) is 1.80. The zero-order valence-electron chi connectivity index (χ0n) is 14.0. The molecule has 6 nitrogen and oxygen atoms in total. The van der Waals surface area contributed by atoms with E-state index in [9.17, 15) is 9.59 Å². The van der Waals surface area contributed by atoms with E-state index in [-0.39, 0.29) is 0 Å². The molecule has 132 valence electrons. The number of carbonyl (C=O) groups excluding carboxylic acids is 1. The van der Waals surface area contributed by atoms with Gasteiger partial charge in [0, 0.05) is 30.1 Å². The van der Waals surface area contributed by atoms with Crippen LogP contribution in [-0.4, -0.2) is 46.6 Å². The molecule has 2 aromatic rings. The highest BCUT2D eigenvalue weighted by molar-refractivity contribution is 7.09. The lowest BCUT2D eigenvalue weighted by Gasteiger charge is -2.16. The number of aromatic nitrogens is 1. The second-order valence-corrected chi connectivity index (χ2v) is 7.06. The van der Waals surface area contributed by atoms with E-state index in [1.807, 2.05) is 19.1 Å². The highest BCUT2D eigenvalue weighted by Gasteiger charge is 2.26. The molecule has 0 radical (unpaired) electrons. The molecule has 1 aromatic carbocycles. The number of benzene rings is 1. The van der Waals surface area contributed by atoms with E-state index >= 15 is 0 Å². The SMILES string of the molecule is Cc1csc(C2CCN(CCc3ccccc3OC(=O)C(=O)O)C2)n1. The predicted octanol–water partition coefficient (Wildman–Crippen LogP) is 2.47. The monoisotopic (exact) mass is 360 g/mol. The third-order valence-electron chi connectivity index (χ3n) is 4.31. The summed E-state index contributed by atoms with van der Waals surface area (Å²) in [6, 6.07) is 7.08. The number of esters is 1. The number of hydrogen-bond donors (Lipinski definition) is 1. The lowest BCUT2D eigenvalue weighted by atomic mass is 10.1. The first-order chi connectivity index (χ1) is 12.0. The molecule has 1 aliphatic heterocycles. The van der Waals surface area contributed by atoms with E-state index in [2.05, 4.69) is 15.3 Å². The number of rotatable bonds is 5. The van der Waals surface area contributed by atoms with E-state index in [0.29, 0.717) is 18.1 Å². The third-order valence-corrected chi connectivity index (χ3v) is 5.43. The highest BCUT2D eigenvalue weighted by Crippen LogP contribution is 2.29. The average molecular weight is 360 g/mol. The number of hydrogen-bond acceptors (Lipinski definition) is 6. The number of carboxylic acid groups (broad SMARTS) is 1. The van der Waals surface area contributed by atoms with Crippen LogP contribution in [0.5, 0.6) is 5.75 Å². The van der Waals surface area contributed by atoms with Gasteiger partial charge >= 0.3 is 11.9 Å². The minimum Gasteiger partial charge on any atom is -0.473 e. The van der Waals surface area contributed by atoms with Crippen molar-refractivity contribution >= 4 is 23.3 Å². The molecule has 1 atom stereocenters. The standard InChI is InChI=1S/C18H20N2O4S/c1-12-11-25-16(19-12)14-7-9-20(10-14)8-6-13-4-2-3-5-15(13)24-18(23)17(21)22/h2-5,11,14H,6-10H2,1H3,(H,21,22). The molecular weight excluding hydrogens is 340 g/mol. The van der Waals surface area contributed by atoms with Gasteiger partial charge in [-0.15, -0.1) is 11.3 Å². The molecule has 0 amide bonds. The number of carbonyl (C=O) groups is 2. The van der Waals surface area contributed by atoms with Gasteiger partial charge in [0.05, 0.1) is 5.01 Å². The van der Waals surface area contributed by atoms with Crippen molar-refractivity contribution in [1.82, 2.24) is 9.88 Å². The van der Waals surface area contributed by atoms with Gasteiger partial charge in [0.15, 0.2) is 0 Å². The Hall–Kier alpha value is -2.25. The zero-order valence-corrected chi connectivity index (χ0v) is 14.8. The highest BCUT2D eigenvalue weighted by atomic mass is 32.1. The summed E-state index contributed by atoms with van der Waals surface area (Å²) in [7, 11) is 0. The molecule has 0 aliphatic carbocycles. The Morgan fingerprint density at radius 2 is 2.20 bits per heavy atom. The Bertz CT molecular complexity index is 774. The number of ether oxygens (including phenoxy) is 1. The first kappa shape index (κ1) is 17.6. The Labute approximate surface area is 150 Å². The molecule has 25 heavy (non-hydrogen) atoms. The Kier molecular flexibility index (Phi) is 5.45. The summed E-state index contributed by atoms with van der Waals surface area (Å²) in [5.41, 5.74) is 1.92. The molecule has 0 spiro atoms. The molecule has 1 aliphatic rings. The summed E-state index contributed by atoms with van der Waals surface area (Å²) in [4.78, 5) is 28.9. The van der Waals surface area contributed by atoms with Gasteiger partial charge in [0.25, 0.3) is 0 Å². The van der Waals surface area contributed by atoms with Gasteiger partial charge in [-0.05, 0) is 37.9 Å². The molecule has 1 unspecified atom stereocenters. The van der Waals surface area contributed by atoms with Crippen LogP contribution < -0.4 is 4.74 Å². The van der Waals surface area contributed by atoms with Gasteiger partial charge in [-0.25, -0.2) is 14.6 Å². The number of likely N-dealkylation sites (tertiary alicyclic amines) is 1. The minimum atomic E-state index is -1.59. The molecule has 1 N–H and O–H groups in total. The quantitative estimate of drug-likeness (QED) is 0.501. The Balaban J connectivity index is 1.57. The van der Waals surface area contributed by atoms with Crippen molar-refractivity contribution in [3.63, 3.8) is 0 Å². The van der Waals surface area contributed by atoms with Crippen LogP contribution in [0.1, 0.15) is 28.6 Å². The number of nitrogens with zero attached hydrogens (tertiary/aromatic N) is 2. The lowest BCUT2D eigenvalue weighted by Crippen LogP contribution is -2.24. The summed E-state index contributed by atoms with van der Waals surface area (Å²) < 4.78 is 4.95. The molecule has 7 heteroatoms. The fourth-order valence-electron chi connectivity index (χ4n) is 3.03. The maximum atomic E-state index is 11.3. The minimum absolute atomic E-state index is 0.321. The van der Waals surface area contributed by atoms with Gasteiger partial charge < -0.3 is 14.7 Å². The second kappa shape index (κ2) is 7.76. The molecule has 2 heterocycles. The van der Waals surface area contributed by atoms with Crippen molar-refractivity contribution in [1.29, 1.82) is 0 Å². The number of thiazole rings is 1. The van der Waals surface area contributed by atoms with Crippen LogP contribution in [0.2, 0.25) is 0 Å². The normalized spacial score (nSPS) is 17.6. The van der Waals surface area contributed by atoms with Crippen molar-refractivity contribution in [2.24, 2.45) is 0 Å². The molecule has 1 saturated heterocycles. The van der Waals surface area contributed by atoms with Gasteiger partial charge in [-0.3, -0.25) is 0 Å². The maximum Gasteiger partial charge on any atom is 0.422 e. The molecular formula is C18H20N2O4S. The zero-order chi connectivity index (χ0) is 17.8. The third kappa shape index (κ3) is 4.43. The number of para-hydroxylation sites is 1. The average Bonchev–Trinajstić information content (AvgIpc) is 3.22. The topological polar surface area (TPSA) is 79.7 Å². The van der Waals surface area contributed by atoms with Crippen LogP contribution in [0.4, 0.5) is 0 Å². The van der Waals surface area contributed by atoms with E-state index in [0.717, 1.165) is 37.3 Å². The van der Waals surface area contributed by atoms with Crippen LogP contribution in [-0.2, 0) is 16.0 Å². The van der Waals surface area contributed by atoms with Crippen LogP contribution in [0, 0.1) is 6.92 Å². The first-order valence-corrected chi connectivity index (χ1v) is 9.08. The van der Waals surface area contributed by atoms with Gasteiger partial charge in [0.1, 0.15) is 5.75 Å². The fraction of sp³-hybridized carbons (Fsp3) is 0.389. The van der Waals surface area contributed by atoms with Crippen molar-refractivity contribution in [3.05, 3.63) is 45.9 Å². The van der Waals surface area contributed by atoms with Crippen LogP contribution in [0.15, 0.2) is 29.6 Å². The second-order valence-electron chi connectivity index (χ2n) is 6.17. The van der Waals surface area contributed by atoms with Crippen LogP contribution in [0.25, 0.3) is 0 Å². The summed E-state index contributed by atoms with van der Waals surface area (Å²) in [5.74, 6) is -2.04. The molecule has 3 rings (SSSR count). The van der Waals surface area contributed by atoms with Crippen LogP contribution >= 0.6 is 11.3 Å². The van der Waals surface area contributed by atoms with Crippen molar-refractivity contribution in [3.8, 4) is 5.75 Å². The summed E-state index contributed by atoms with van der Waals surface area (Å²) >= 11 is 1.72. The van der Waals surface area contributed by atoms with E-state index < -0.39 is 11.9 Å². The van der Waals surface area contributed by atoms with E-state index in [1.165, 1.54) is 5.01 Å². The van der Waals surface area contributed by atoms with E-state index in [4.69, 9.17) is 9.84 Å². The molecule has 0 saturated carbocycles. The van der Waals surface area contributed by atoms with Gasteiger partial charge in [-0.1, -0.05) is 18.2 Å².